The monoisotopic (exact) mass is 514 g/mol. The molecule has 27 heavy (non-hydrogen) atoms. The molecule has 0 heterocycles. The lowest BCUT2D eigenvalue weighted by Gasteiger charge is -2.11. The molecular formula is C17H31IN4O4S. The fourth-order valence-electron chi connectivity index (χ4n) is 2.03. The molecule has 0 aliphatic heterocycles. The Morgan fingerprint density at radius 2 is 1.81 bits per heavy atom. The molecule has 0 amide bonds. The van der Waals surface area contributed by atoms with Gasteiger partial charge in [0.05, 0.1) is 24.7 Å². The van der Waals surface area contributed by atoms with E-state index in [4.69, 9.17) is 9.47 Å². The number of ether oxygens (including phenoxy) is 2. The first-order valence-corrected chi connectivity index (χ1v) is 10.1. The highest BCUT2D eigenvalue weighted by molar-refractivity contribution is 14.0. The Bertz CT molecular complexity index is 639. The summed E-state index contributed by atoms with van der Waals surface area (Å²) in [6.07, 6.45) is 0.866. The third-order valence-electron chi connectivity index (χ3n) is 3.46. The maximum atomic E-state index is 11.7. The second kappa shape index (κ2) is 15.0. The molecule has 0 aromatic heterocycles. The van der Waals surface area contributed by atoms with Gasteiger partial charge in [-0.05, 0) is 38.1 Å². The molecule has 0 unspecified atom stereocenters. The summed E-state index contributed by atoms with van der Waals surface area (Å²) >= 11 is 0. The molecular weight excluding hydrogens is 483 g/mol. The van der Waals surface area contributed by atoms with Crippen LogP contribution >= 0.6 is 24.0 Å². The molecule has 156 valence electrons. The van der Waals surface area contributed by atoms with Gasteiger partial charge in [0.2, 0.25) is 10.0 Å². The van der Waals surface area contributed by atoms with Crippen LogP contribution in [-0.4, -0.2) is 61.4 Å². The average molecular weight is 514 g/mol. The van der Waals surface area contributed by atoms with Crippen LogP contribution in [0.4, 0.5) is 0 Å². The lowest BCUT2D eigenvalue weighted by atomic mass is 10.2. The van der Waals surface area contributed by atoms with E-state index in [1.807, 2.05) is 6.92 Å². The number of nitrogens with one attached hydrogen (secondary N) is 3. The summed E-state index contributed by atoms with van der Waals surface area (Å²) in [4.78, 5) is 4.75. The SMILES string of the molecule is CCNC(=NCc1ccc(S(=O)(=O)NC)cc1)NCCCOCCOC.I. The Morgan fingerprint density at radius 1 is 1.11 bits per heavy atom. The highest BCUT2D eigenvalue weighted by Gasteiger charge is 2.10. The molecule has 10 heteroatoms. The van der Waals surface area contributed by atoms with Gasteiger partial charge in [-0.2, -0.15) is 0 Å². The molecule has 0 saturated heterocycles. The van der Waals surface area contributed by atoms with Crippen LogP contribution in [0.15, 0.2) is 34.2 Å². The number of aliphatic imine (C=N–C) groups is 1. The second-order valence-corrected chi connectivity index (χ2v) is 7.32. The molecule has 1 rings (SSSR count). The summed E-state index contributed by atoms with van der Waals surface area (Å²) in [6, 6.07) is 6.69. The van der Waals surface area contributed by atoms with Gasteiger partial charge in [-0.3, -0.25) is 0 Å². The van der Waals surface area contributed by atoms with Crippen LogP contribution in [0.2, 0.25) is 0 Å². The Balaban J connectivity index is 0.00000676. The van der Waals surface area contributed by atoms with E-state index in [0.29, 0.717) is 26.4 Å². The molecule has 3 N–H and O–H groups in total. The van der Waals surface area contributed by atoms with E-state index in [1.54, 1.807) is 31.4 Å². The third kappa shape index (κ3) is 10.8. The van der Waals surface area contributed by atoms with Crippen molar-refractivity contribution in [2.24, 2.45) is 4.99 Å². The standard InChI is InChI=1S/C17H30N4O4S.HI/c1-4-19-17(20-10-5-11-25-13-12-24-3)21-14-15-6-8-16(9-7-15)26(22,23)18-2;/h6-9,18H,4-5,10-14H2,1-3H3,(H2,19,20,21);1H. The van der Waals surface area contributed by atoms with Crippen LogP contribution in [0.5, 0.6) is 0 Å². The van der Waals surface area contributed by atoms with Gasteiger partial charge in [0.15, 0.2) is 5.96 Å². The molecule has 0 radical (unpaired) electrons. The Labute approximate surface area is 179 Å². The van der Waals surface area contributed by atoms with Gasteiger partial charge in [0, 0.05) is 26.8 Å². The first-order chi connectivity index (χ1) is 12.5. The molecule has 0 fully saturated rings. The first-order valence-electron chi connectivity index (χ1n) is 8.64. The zero-order valence-corrected chi connectivity index (χ0v) is 19.3. The fraction of sp³-hybridized carbons (Fsp3) is 0.588. The summed E-state index contributed by atoms with van der Waals surface area (Å²) in [5.41, 5.74) is 0.931. The van der Waals surface area contributed by atoms with Gasteiger partial charge in [-0.15, -0.1) is 24.0 Å². The minimum absolute atomic E-state index is 0. The van der Waals surface area contributed by atoms with Crippen molar-refractivity contribution in [3.8, 4) is 0 Å². The highest BCUT2D eigenvalue weighted by Crippen LogP contribution is 2.10. The number of methoxy groups -OCH3 is 1. The largest absolute Gasteiger partial charge is 0.382 e. The van der Waals surface area contributed by atoms with Crippen LogP contribution in [0.3, 0.4) is 0 Å². The Kier molecular flexibility index (Phi) is 14.5. The number of guanidine groups is 1. The zero-order valence-electron chi connectivity index (χ0n) is 16.2. The lowest BCUT2D eigenvalue weighted by Crippen LogP contribution is -2.38. The van der Waals surface area contributed by atoms with E-state index in [9.17, 15) is 8.42 Å². The van der Waals surface area contributed by atoms with Crippen molar-refractivity contribution in [2.45, 2.75) is 24.8 Å². The van der Waals surface area contributed by atoms with E-state index in [-0.39, 0.29) is 28.9 Å². The van der Waals surface area contributed by atoms with Gasteiger partial charge in [-0.1, -0.05) is 12.1 Å². The van der Waals surface area contributed by atoms with Crippen LogP contribution in [-0.2, 0) is 26.0 Å². The number of benzene rings is 1. The number of rotatable bonds is 12. The molecule has 0 aliphatic rings. The number of halogens is 1. The highest BCUT2D eigenvalue weighted by atomic mass is 127. The lowest BCUT2D eigenvalue weighted by molar-refractivity contribution is 0.0698. The van der Waals surface area contributed by atoms with E-state index < -0.39 is 10.0 Å². The fourth-order valence-corrected chi connectivity index (χ4v) is 2.76. The molecule has 0 spiro atoms. The normalized spacial score (nSPS) is 11.7. The number of sulfonamides is 1. The van der Waals surface area contributed by atoms with E-state index in [0.717, 1.165) is 31.0 Å². The summed E-state index contributed by atoms with van der Waals surface area (Å²) in [5.74, 6) is 0.719. The summed E-state index contributed by atoms with van der Waals surface area (Å²) in [6.45, 7) is 5.84. The molecule has 0 atom stereocenters. The van der Waals surface area contributed by atoms with Crippen LogP contribution in [0.25, 0.3) is 0 Å². The first kappa shape index (κ1) is 26.1. The molecule has 0 saturated carbocycles. The second-order valence-electron chi connectivity index (χ2n) is 5.43. The smallest absolute Gasteiger partial charge is 0.240 e. The van der Waals surface area contributed by atoms with Gasteiger partial charge in [0.25, 0.3) is 0 Å². The van der Waals surface area contributed by atoms with Crippen molar-refractivity contribution in [1.29, 1.82) is 0 Å². The van der Waals surface area contributed by atoms with Crippen molar-refractivity contribution in [3.05, 3.63) is 29.8 Å². The van der Waals surface area contributed by atoms with Gasteiger partial charge >= 0.3 is 0 Å². The molecule has 1 aromatic rings. The molecule has 1 aromatic carbocycles. The van der Waals surface area contributed by atoms with E-state index in [2.05, 4.69) is 20.3 Å². The summed E-state index contributed by atoms with van der Waals surface area (Å²) in [5, 5.41) is 6.43. The summed E-state index contributed by atoms with van der Waals surface area (Å²) in [7, 11) is -0.365. The number of hydrogen-bond acceptors (Lipinski definition) is 5. The average Bonchev–Trinajstić information content (AvgIpc) is 2.65. The third-order valence-corrected chi connectivity index (χ3v) is 4.89. The van der Waals surface area contributed by atoms with Crippen molar-refractivity contribution in [3.63, 3.8) is 0 Å². The minimum Gasteiger partial charge on any atom is -0.382 e. The van der Waals surface area contributed by atoms with Crippen LogP contribution < -0.4 is 15.4 Å². The molecule has 0 bridgehead atoms. The molecule has 8 nitrogen and oxygen atoms in total. The Hall–Kier alpha value is -0.950. The summed E-state index contributed by atoms with van der Waals surface area (Å²) < 4.78 is 36.1. The van der Waals surface area contributed by atoms with E-state index in [1.165, 1.54) is 7.05 Å². The van der Waals surface area contributed by atoms with Crippen molar-refractivity contribution in [2.75, 3.05) is 47.1 Å². The van der Waals surface area contributed by atoms with Crippen molar-refractivity contribution in [1.82, 2.24) is 15.4 Å². The zero-order chi connectivity index (χ0) is 19.3. The van der Waals surface area contributed by atoms with Crippen LogP contribution in [0, 0.1) is 0 Å². The Morgan fingerprint density at radius 3 is 2.41 bits per heavy atom. The maximum Gasteiger partial charge on any atom is 0.240 e. The topological polar surface area (TPSA) is 101 Å². The molecule has 0 aliphatic carbocycles. The van der Waals surface area contributed by atoms with Gasteiger partial charge in [-0.25, -0.2) is 18.1 Å². The number of hydrogen-bond donors (Lipinski definition) is 3. The van der Waals surface area contributed by atoms with Crippen molar-refractivity contribution < 1.29 is 17.9 Å². The van der Waals surface area contributed by atoms with E-state index >= 15 is 0 Å². The van der Waals surface area contributed by atoms with Crippen molar-refractivity contribution >= 4 is 40.0 Å². The van der Waals surface area contributed by atoms with Crippen LogP contribution in [0.1, 0.15) is 18.9 Å². The van der Waals surface area contributed by atoms with Gasteiger partial charge in [0.1, 0.15) is 0 Å². The minimum atomic E-state index is -3.41. The predicted octanol–water partition coefficient (Wildman–Crippen LogP) is 1.32. The van der Waals surface area contributed by atoms with Gasteiger partial charge < -0.3 is 20.1 Å². The maximum absolute atomic E-state index is 11.7. The quantitative estimate of drug-likeness (QED) is 0.168. The predicted molar refractivity (Wildman–Crippen MR) is 118 cm³/mol. The number of nitrogens with zero attached hydrogens (tertiary/aromatic N) is 1.